The van der Waals surface area contributed by atoms with Crippen LogP contribution in [-0.4, -0.2) is 110 Å². The Morgan fingerprint density at radius 3 is 2.41 bits per heavy atom. The monoisotopic (exact) mass is 422 g/mol. The zero-order valence-corrected chi connectivity index (χ0v) is 15.8. The number of aliphatic hydroxyl groups is 7. The van der Waals surface area contributed by atoms with Crippen LogP contribution in [0, 0.1) is 5.92 Å². The highest BCUT2D eigenvalue weighted by Crippen LogP contribution is 2.52. The van der Waals surface area contributed by atoms with Crippen molar-refractivity contribution in [1.82, 2.24) is 0 Å². The summed E-state index contributed by atoms with van der Waals surface area (Å²) in [5, 5.41) is 71.4. The third-order valence-corrected chi connectivity index (χ3v) is 5.90. The highest BCUT2D eigenvalue weighted by Gasteiger charge is 2.67. The molecule has 29 heavy (non-hydrogen) atoms. The number of ether oxygens (including phenoxy) is 4. The van der Waals surface area contributed by atoms with E-state index in [-0.39, 0.29) is 5.57 Å². The fourth-order valence-corrected chi connectivity index (χ4v) is 4.17. The van der Waals surface area contributed by atoms with E-state index in [4.69, 9.17) is 14.2 Å². The van der Waals surface area contributed by atoms with E-state index in [0.29, 0.717) is 0 Å². The molecule has 3 aliphatic rings. The molecule has 1 saturated heterocycles. The van der Waals surface area contributed by atoms with E-state index in [9.17, 15) is 40.5 Å². The largest absolute Gasteiger partial charge is 0.471 e. The molecule has 1 saturated carbocycles. The number of hydrogen-bond acceptors (Lipinski definition) is 12. The first kappa shape index (κ1) is 22.3. The molecule has 0 spiro atoms. The zero-order valence-electron chi connectivity index (χ0n) is 15.8. The predicted octanol–water partition coefficient (Wildman–Crippen LogP) is -3.92. The quantitative estimate of drug-likeness (QED) is 0.218. The van der Waals surface area contributed by atoms with Gasteiger partial charge in [0, 0.05) is 6.42 Å². The van der Waals surface area contributed by atoms with Crippen LogP contribution in [-0.2, 0) is 23.7 Å². The van der Waals surface area contributed by atoms with E-state index in [0.717, 1.165) is 13.4 Å². The first-order valence-electron chi connectivity index (χ1n) is 9.02. The van der Waals surface area contributed by atoms with Crippen LogP contribution in [0.3, 0.4) is 0 Å². The second-order valence-corrected chi connectivity index (χ2v) is 7.71. The van der Waals surface area contributed by atoms with Crippen molar-refractivity contribution in [3.05, 3.63) is 11.8 Å². The lowest BCUT2D eigenvalue weighted by atomic mass is 9.77. The summed E-state index contributed by atoms with van der Waals surface area (Å²) in [7, 11) is 1.08. The maximum atomic E-state index is 12.1. The Morgan fingerprint density at radius 1 is 1.17 bits per heavy atom. The van der Waals surface area contributed by atoms with Gasteiger partial charge in [-0.1, -0.05) is 0 Å². The molecule has 2 fully saturated rings. The molecule has 1 aliphatic carbocycles. The number of esters is 1. The Labute approximate surface area is 165 Å². The molecule has 12 nitrogen and oxygen atoms in total. The average molecular weight is 422 g/mol. The Morgan fingerprint density at radius 2 is 1.83 bits per heavy atom. The van der Waals surface area contributed by atoms with Crippen LogP contribution >= 0.6 is 0 Å². The zero-order chi connectivity index (χ0) is 21.7. The van der Waals surface area contributed by atoms with Crippen molar-refractivity contribution < 1.29 is 59.5 Å². The average Bonchev–Trinajstić information content (AvgIpc) is 2.86. The van der Waals surface area contributed by atoms with Gasteiger partial charge in [0.1, 0.15) is 35.6 Å². The summed E-state index contributed by atoms with van der Waals surface area (Å²) >= 11 is 0. The van der Waals surface area contributed by atoms with Gasteiger partial charge in [-0.2, -0.15) is 0 Å². The lowest BCUT2D eigenvalue weighted by Crippen LogP contribution is -2.62. The Kier molecular flexibility index (Phi) is 5.95. The van der Waals surface area contributed by atoms with Crippen molar-refractivity contribution in [2.75, 3.05) is 13.7 Å². The number of methoxy groups -OCH3 is 1. The summed E-state index contributed by atoms with van der Waals surface area (Å²) in [5.74, 6) is -2.36. The van der Waals surface area contributed by atoms with Gasteiger partial charge in [0.2, 0.25) is 6.29 Å². The van der Waals surface area contributed by atoms with Crippen molar-refractivity contribution in [2.24, 2.45) is 5.92 Å². The molecule has 0 aromatic carbocycles. The van der Waals surface area contributed by atoms with E-state index < -0.39 is 79.2 Å². The van der Waals surface area contributed by atoms with Gasteiger partial charge in [-0.25, -0.2) is 4.79 Å². The van der Waals surface area contributed by atoms with Crippen LogP contribution in [0.2, 0.25) is 0 Å². The molecule has 0 aromatic rings. The SMILES string of the molecule is COC(=O)C1=CO[C@@H](O[C@@H]2O[C@H](CO)[C@@H](O)[C@H](O)[C@H]2O)[C@@H]2[C@@](C)(O)[C@H](O)C[C@]12O. The van der Waals surface area contributed by atoms with Crippen molar-refractivity contribution in [2.45, 2.75) is 67.6 Å². The van der Waals surface area contributed by atoms with Crippen molar-refractivity contribution in [1.29, 1.82) is 0 Å². The van der Waals surface area contributed by atoms with E-state index in [1.54, 1.807) is 0 Å². The Hall–Kier alpha value is -1.35. The summed E-state index contributed by atoms with van der Waals surface area (Å²) in [4.78, 5) is 12.1. The molecule has 0 aromatic heterocycles. The van der Waals surface area contributed by atoms with Gasteiger partial charge in [-0.15, -0.1) is 0 Å². The molecule has 2 heterocycles. The standard InChI is InChI=1S/C17H26O12/c1-16(24)8(19)3-17(25)6(13(23)26-2)5-27-15(12(16)17)29-14-11(22)10(21)9(20)7(4-18)28-14/h5,7-12,14-15,18-22,24-25H,3-4H2,1-2H3/t7-,8-,9-,10+,11-,12-,14+,15+,16+,17+/m1/s1. The minimum atomic E-state index is -2.09. The number of carbonyl (C=O) groups is 1. The first-order chi connectivity index (χ1) is 13.5. The van der Waals surface area contributed by atoms with E-state index in [1.165, 1.54) is 6.92 Å². The molecule has 3 rings (SSSR count). The topological polar surface area (TPSA) is 196 Å². The van der Waals surface area contributed by atoms with Gasteiger partial charge in [-0.3, -0.25) is 0 Å². The molecule has 2 aliphatic heterocycles. The van der Waals surface area contributed by atoms with Gasteiger partial charge in [0.05, 0.1) is 37.6 Å². The first-order valence-corrected chi connectivity index (χ1v) is 9.02. The van der Waals surface area contributed by atoms with E-state index in [1.807, 2.05) is 0 Å². The number of carbonyl (C=O) groups excluding carboxylic acids is 1. The molecular weight excluding hydrogens is 396 g/mol. The molecule has 0 bridgehead atoms. The van der Waals surface area contributed by atoms with Gasteiger partial charge in [-0.05, 0) is 6.92 Å². The number of rotatable bonds is 4. The van der Waals surface area contributed by atoms with E-state index >= 15 is 0 Å². The highest BCUT2D eigenvalue weighted by molar-refractivity contribution is 5.91. The van der Waals surface area contributed by atoms with Crippen molar-refractivity contribution in [3.8, 4) is 0 Å². The normalized spacial score (nSPS) is 49.8. The minimum absolute atomic E-state index is 0.338. The minimum Gasteiger partial charge on any atom is -0.471 e. The number of fused-ring (bicyclic) bond motifs is 1. The molecule has 0 unspecified atom stereocenters. The van der Waals surface area contributed by atoms with Crippen LogP contribution in [0.15, 0.2) is 11.8 Å². The summed E-state index contributed by atoms with van der Waals surface area (Å²) < 4.78 is 20.7. The lowest BCUT2D eigenvalue weighted by molar-refractivity contribution is -0.352. The number of aliphatic hydroxyl groups excluding tert-OH is 5. The van der Waals surface area contributed by atoms with Crippen LogP contribution in [0.5, 0.6) is 0 Å². The molecule has 166 valence electrons. The molecule has 7 N–H and O–H groups in total. The van der Waals surface area contributed by atoms with Gasteiger partial charge < -0.3 is 54.7 Å². The van der Waals surface area contributed by atoms with E-state index in [2.05, 4.69) is 4.74 Å². The van der Waals surface area contributed by atoms with Crippen LogP contribution in [0.4, 0.5) is 0 Å². The second kappa shape index (κ2) is 7.72. The number of hydrogen-bond donors (Lipinski definition) is 7. The summed E-state index contributed by atoms with van der Waals surface area (Å²) in [6.07, 6.45) is -10.5. The summed E-state index contributed by atoms with van der Waals surface area (Å²) in [6.45, 7) is 0.528. The van der Waals surface area contributed by atoms with Crippen molar-refractivity contribution >= 4 is 5.97 Å². The second-order valence-electron chi connectivity index (χ2n) is 7.71. The fraction of sp³-hybridized carbons (Fsp3) is 0.824. The lowest BCUT2D eigenvalue weighted by Gasteiger charge is -2.46. The smallest absolute Gasteiger partial charge is 0.339 e. The third-order valence-electron chi connectivity index (χ3n) is 5.90. The summed E-state index contributed by atoms with van der Waals surface area (Å²) in [5.41, 5.74) is -4.41. The maximum Gasteiger partial charge on any atom is 0.339 e. The highest BCUT2D eigenvalue weighted by atomic mass is 16.8. The predicted molar refractivity (Wildman–Crippen MR) is 89.5 cm³/mol. The fourth-order valence-electron chi connectivity index (χ4n) is 4.17. The molecule has 10 atom stereocenters. The Balaban J connectivity index is 1.92. The summed E-state index contributed by atoms with van der Waals surface area (Å²) in [6, 6.07) is 0. The molecule has 0 radical (unpaired) electrons. The van der Waals surface area contributed by atoms with Gasteiger partial charge in [0.25, 0.3) is 0 Å². The van der Waals surface area contributed by atoms with Gasteiger partial charge in [0.15, 0.2) is 6.29 Å². The van der Waals surface area contributed by atoms with Crippen molar-refractivity contribution in [3.63, 3.8) is 0 Å². The van der Waals surface area contributed by atoms with Gasteiger partial charge >= 0.3 is 5.97 Å². The molecular formula is C17H26O12. The van der Waals surface area contributed by atoms with Crippen LogP contribution < -0.4 is 0 Å². The molecule has 0 amide bonds. The van der Waals surface area contributed by atoms with Crippen LogP contribution in [0.25, 0.3) is 0 Å². The maximum absolute atomic E-state index is 12.1. The Bertz CT molecular complexity index is 663. The third kappa shape index (κ3) is 3.44. The molecule has 12 heteroatoms. The van der Waals surface area contributed by atoms with Crippen LogP contribution in [0.1, 0.15) is 13.3 Å².